The molecule has 1 aromatic carbocycles. The first-order valence-electron chi connectivity index (χ1n) is 6.43. The Kier molecular flexibility index (Phi) is 6.29. The number of carbonyl (C=O) groups is 2. The van der Waals surface area contributed by atoms with E-state index in [-0.39, 0.29) is 18.9 Å². The van der Waals surface area contributed by atoms with Crippen LogP contribution in [0.4, 0.5) is 5.69 Å². The minimum absolute atomic E-state index is 0.0688. The molecule has 0 aromatic heterocycles. The smallest absolute Gasteiger partial charge is 0.333 e. The average Bonchev–Trinajstić information content (AvgIpc) is 2.40. The van der Waals surface area contributed by atoms with E-state index in [0.29, 0.717) is 12.1 Å². The lowest BCUT2D eigenvalue weighted by Gasteiger charge is -2.06. The predicted molar refractivity (Wildman–Crippen MR) is 78.0 cm³/mol. The summed E-state index contributed by atoms with van der Waals surface area (Å²) in [7, 11) is 0. The van der Waals surface area contributed by atoms with Gasteiger partial charge in [0, 0.05) is 17.8 Å². The van der Waals surface area contributed by atoms with E-state index >= 15 is 0 Å². The van der Waals surface area contributed by atoms with Gasteiger partial charge in [-0.1, -0.05) is 18.7 Å². The zero-order valence-electron chi connectivity index (χ0n) is 11.6. The van der Waals surface area contributed by atoms with Gasteiger partial charge in [-0.3, -0.25) is 4.79 Å². The Hall–Kier alpha value is -2.30. The van der Waals surface area contributed by atoms with Gasteiger partial charge in [0.1, 0.15) is 6.61 Å². The number of ether oxygens (including phenoxy) is 1. The van der Waals surface area contributed by atoms with Crippen molar-refractivity contribution in [3.05, 3.63) is 42.0 Å². The van der Waals surface area contributed by atoms with Crippen LogP contribution >= 0.6 is 0 Å². The average molecular weight is 276 g/mol. The van der Waals surface area contributed by atoms with Crippen LogP contribution in [0.15, 0.2) is 36.4 Å². The maximum Gasteiger partial charge on any atom is 0.333 e. The predicted octanol–water partition coefficient (Wildman–Crippen LogP) is 1.44. The van der Waals surface area contributed by atoms with Gasteiger partial charge in [0.15, 0.2) is 0 Å². The summed E-state index contributed by atoms with van der Waals surface area (Å²) in [4.78, 5) is 22.6. The summed E-state index contributed by atoms with van der Waals surface area (Å²) in [6, 6.07) is 7.51. The van der Waals surface area contributed by atoms with Gasteiger partial charge < -0.3 is 15.8 Å². The highest BCUT2D eigenvalue weighted by molar-refractivity contribution is 5.87. The lowest BCUT2D eigenvalue weighted by atomic mass is 10.1. The summed E-state index contributed by atoms with van der Waals surface area (Å²) in [5, 5.41) is 2.76. The second-order valence-corrected chi connectivity index (χ2v) is 4.51. The number of hydrogen-bond donors (Lipinski definition) is 2. The van der Waals surface area contributed by atoms with E-state index in [4.69, 9.17) is 10.5 Å². The van der Waals surface area contributed by atoms with Crippen LogP contribution in [0, 0.1) is 0 Å². The van der Waals surface area contributed by atoms with Gasteiger partial charge in [-0.15, -0.1) is 0 Å². The molecular formula is C15H20N2O3. The molecule has 0 unspecified atom stereocenters. The molecule has 0 heterocycles. The standard InChI is InChI=1S/C15H20N2O3/c1-11(2)15(19)20-10-8-14(18)17-9-7-12-3-5-13(16)6-4-12/h3-6H,1,7-10,16H2,2H3,(H,17,18). The molecule has 0 saturated carbocycles. The molecule has 20 heavy (non-hydrogen) atoms. The Labute approximate surface area is 118 Å². The molecule has 3 N–H and O–H groups in total. The van der Waals surface area contributed by atoms with Crippen LogP contribution in [0.5, 0.6) is 0 Å². The maximum absolute atomic E-state index is 11.5. The monoisotopic (exact) mass is 276 g/mol. The third-order valence-corrected chi connectivity index (χ3v) is 2.63. The zero-order chi connectivity index (χ0) is 15.0. The molecule has 1 amide bonds. The van der Waals surface area contributed by atoms with Crippen LogP contribution in [0.2, 0.25) is 0 Å². The van der Waals surface area contributed by atoms with E-state index in [1.807, 2.05) is 24.3 Å². The summed E-state index contributed by atoms with van der Waals surface area (Å²) in [6.45, 7) is 5.63. The SMILES string of the molecule is C=C(C)C(=O)OCCC(=O)NCCc1ccc(N)cc1. The number of nitrogens with two attached hydrogens (primary N) is 1. The topological polar surface area (TPSA) is 81.4 Å². The number of amides is 1. The van der Waals surface area contributed by atoms with Crippen molar-refractivity contribution in [2.24, 2.45) is 0 Å². The molecule has 0 radical (unpaired) electrons. The molecule has 5 heteroatoms. The van der Waals surface area contributed by atoms with E-state index in [0.717, 1.165) is 17.7 Å². The third-order valence-electron chi connectivity index (χ3n) is 2.63. The van der Waals surface area contributed by atoms with Crippen molar-refractivity contribution in [3.8, 4) is 0 Å². The number of rotatable bonds is 7. The second-order valence-electron chi connectivity index (χ2n) is 4.51. The van der Waals surface area contributed by atoms with Crippen LogP contribution in [0.3, 0.4) is 0 Å². The number of esters is 1. The molecule has 0 aliphatic carbocycles. The van der Waals surface area contributed by atoms with Gasteiger partial charge in [0.25, 0.3) is 0 Å². The normalized spacial score (nSPS) is 9.85. The molecule has 0 aliphatic heterocycles. The van der Waals surface area contributed by atoms with Gasteiger partial charge in [0.05, 0.1) is 6.42 Å². The number of nitrogen functional groups attached to an aromatic ring is 1. The number of nitrogens with one attached hydrogen (secondary N) is 1. The first-order chi connectivity index (χ1) is 9.49. The Bertz CT molecular complexity index is 480. The maximum atomic E-state index is 11.5. The number of hydrogen-bond acceptors (Lipinski definition) is 4. The molecule has 0 spiro atoms. The molecule has 1 rings (SSSR count). The van der Waals surface area contributed by atoms with Crippen LogP contribution in [0.25, 0.3) is 0 Å². The van der Waals surface area contributed by atoms with E-state index in [1.165, 1.54) is 0 Å². The van der Waals surface area contributed by atoms with Crippen LogP contribution in [-0.4, -0.2) is 25.0 Å². The highest BCUT2D eigenvalue weighted by Gasteiger charge is 2.05. The van der Waals surface area contributed by atoms with E-state index < -0.39 is 5.97 Å². The van der Waals surface area contributed by atoms with Crippen molar-refractivity contribution < 1.29 is 14.3 Å². The number of anilines is 1. The Morgan fingerprint density at radius 2 is 1.95 bits per heavy atom. The molecular weight excluding hydrogens is 256 g/mol. The molecule has 1 aromatic rings. The second kappa shape index (κ2) is 7.99. The Morgan fingerprint density at radius 3 is 2.55 bits per heavy atom. The summed E-state index contributed by atoms with van der Waals surface area (Å²) in [5.41, 5.74) is 7.74. The fourth-order valence-electron chi connectivity index (χ4n) is 1.48. The first kappa shape index (κ1) is 15.8. The minimum Gasteiger partial charge on any atom is -0.462 e. The van der Waals surface area contributed by atoms with Gasteiger partial charge in [-0.25, -0.2) is 4.79 Å². The largest absolute Gasteiger partial charge is 0.462 e. The molecule has 0 saturated heterocycles. The van der Waals surface area contributed by atoms with Crippen LogP contribution in [0.1, 0.15) is 18.9 Å². The van der Waals surface area contributed by atoms with Crippen LogP contribution in [-0.2, 0) is 20.7 Å². The summed E-state index contributed by atoms with van der Waals surface area (Å²) >= 11 is 0. The van der Waals surface area contributed by atoms with Crippen molar-refractivity contribution in [1.29, 1.82) is 0 Å². The summed E-state index contributed by atoms with van der Waals surface area (Å²) in [5.74, 6) is -0.616. The van der Waals surface area contributed by atoms with Gasteiger partial charge in [-0.05, 0) is 31.0 Å². The van der Waals surface area contributed by atoms with Crippen LogP contribution < -0.4 is 11.1 Å². The van der Waals surface area contributed by atoms with Crippen molar-refractivity contribution in [3.63, 3.8) is 0 Å². The third kappa shape index (κ3) is 6.04. The summed E-state index contributed by atoms with van der Waals surface area (Å²) < 4.78 is 4.84. The quantitative estimate of drug-likeness (QED) is 0.448. The molecule has 0 aliphatic rings. The first-order valence-corrected chi connectivity index (χ1v) is 6.43. The fraction of sp³-hybridized carbons (Fsp3) is 0.333. The van der Waals surface area contributed by atoms with Crippen molar-refractivity contribution in [2.45, 2.75) is 19.8 Å². The Morgan fingerprint density at radius 1 is 1.30 bits per heavy atom. The highest BCUT2D eigenvalue weighted by Crippen LogP contribution is 2.05. The number of carbonyl (C=O) groups excluding carboxylic acids is 2. The fourth-order valence-corrected chi connectivity index (χ4v) is 1.48. The molecule has 5 nitrogen and oxygen atoms in total. The zero-order valence-corrected chi connectivity index (χ0v) is 11.6. The van der Waals surface area contributed by atoms with Crippen molar-refractivity contribution >= 4 is 17.6 Å². The van der Waals surface area contributed by atoms with E-state index in [1.54, 1.807) is 6.92 Å². The summed E-state index contributed by atoms with van der Waals surface area (Å²) in [6.07, 6.45) is 0.887. The Balaban J connectivity index is 2.15. The highest BCUT2D eigenvalue weighted by atomic mass is 16.5. The van der Waals surface area contributed by atoms with E-state index in [2.05, 4.69) is 11.9 Å². The number of benzene rings is 1. The lowest BCUT2D eigenvalue weighted by molar-refractivity contribution is -0.139. The minimum atomic E-state index is -0.473. The van der Waals surface area contributed by atoms with Crippen molar-refractivity contribution in [1.82, 2.24) is 5.32 Å². The molecule has 0 fully saturated rings. The van der Waals surface area contributed by atoms with E-state index in [9.17, 15) is 9.59 Å². The van der Waals surface area contributed by atoms with Crippen molar-refractivity contribution in [2.75, 3.05) is 18.9 Å². The van der Waals surface area contributed by atoms with Gasteiger partial charge in [-0.2, -0.15) is 0 Å². The van der Waals surface area contributed by atoms with Gasteiger partial charge >= 0.3 is 5.97 Å². The molecule has 0 atom stereocenters. The lowest BCUT2D eigenvalue weighted by Crippen LogP contribution is -2.27. The molecule has 108 valence electrons. The van der Waals surface area contributed by atoms with Gasteiger partial charge in [0.2, 0.25) is 5.91 Å². The molecule has 0 bridgehead atoms.